The summed E-state index contributed by atoms with van der Waals surface area (Å²) in [5.74, 6) is 0.765. The van der Waals surface area contributed by atoms with Gasteiger partial charge in [0.05, 0.1) is 18.5 Å². The first-order valence-corrected chi connectivity index (χ1v) is 5.48. The zero-order valence-electron chi connectivity index (χ0n) is 9.59. The van der Waals surface area contributed by atoms with Gasteiger partial charge in [0.2, 0.25) is 0 Å². The van der Waals surface area contributed by atoms with Gasteiger partial charge < -0.3 is 4.74 Å². The molecule has 0 atom stereocenters. The number of rotatable bonds is 4. The number of hydrogen-bond donors (Lipinski definition) is 0. The van der Waals surface area contributed by atoms with E-state index in [-0.39, 0.29) is 0 Å². The minimum Gasteiger partial charge on any atom is -0.492 e. The van der Waals surface area contributed by atoms with Gasteiger partial charge in [0, 0.05) is 11.1 Å². The lowest BCUT2D eigenvalue weighted by atomic mass is 10.1. The van der Waals surface area contributed by atoms with E-state index in [1.54, 1.807) is 18.3 Å². The second-order valence-electron chi connectivity index (χ2n) is 3.55. The fourth-order valence-electron chi connectivity index (χ4n) is 1.54. The molecule has 86 valence electrons. The fourth-order valence-corrected chi connectivity index (χ4v) is 1.54. The predicted octanol–water partition coefficient (Wildman–Crippen LogP) is 2.96. The van der Waals surface area contributed by atoms with Gasteiger partial charge in [-0.3, -0.25) is 9.78 Å². The van der Waals surface area contributed by atoms with Crippen molar-refractivity contribution in [2.45, 2.75) is 6.92 Å². The molecule has 1 aromatic heterocycles. The second-order valence-corrected chi connectivity index (χ2v) is 3.55. The molecule has 0 saturated carbocycles. The molecular weight excluding hydrogens is 214 g/mol. The molecule has 0 spiro atoms. The lowest BCUT2D eigenvalue weighted by Crippen LogP contribution is -1.92. The molecule has 0 unspecified atom stereocenters. The van der Waals surface area contributed by atoms with Gasteiger partial charge in [-0.05, 0) is 19.1 Å². The predicted molar refractivity (Wildman–Crippen MR) is 66.2 cm³/mol. The summed E-state index contributed by atoms with van der Waals surface area (Å²) in [7, 11) is 0. The number of ether oxygens (including phenoxy) is 1. The molecule has 3 heteroatoms. The number of benzene rings is 1. The smallest absolute Gasteiger partial charge is 0.150 e. The maximum Gasteiger partial charge on any atom is 0.150 e. The first-order chi connectivity index (χ1) is 8.33. The quantitative estimate of drug-likeness (QED) is 0.754. The summed E-state index contributed by atoms with van der Waals surface area (Å²) in [6.45, 7) is 2.57. The summed E-state index contributed by atoms with van der Waals surface area (Å²) < 4.78 is 5.32. The minimum absolute atomic E-state index is 0.634. The Morgan fingerprint density at radius 1 is 1.18 bits per heavy atom. The molecule has 1 heterocycles. The molecule has 0 bridgehead atoms. The van der Waals surface area contributed by atoms with Crippen molar-refractivity contribution in [2.75, 3.05) is 6.61 Å². The molecule has 2 aromatic rings. The van der Waals surface area contributed by atoms with Gasteiger partial charge in [-0.15, -0.1) is 0 Å². The first-order valence-electron chi connectivity index (χ1n) is 5.48. The molecule has 0 N–H and O–H groups in total. The highest BCUT2D eigenvalue weighted by atomic mass is 16.5. The normalized spacial score (nSPS) is 9.94. The maximum atomic E-state index is 10.5. The highest BCUT2D eigenvalue weighted by Gasteiger charge is 2.00. The van der Waals surface area contributed by atoms with Crippen molar-refractivity contribution >= 4 is 6.29 Å². The lowest BCUT2D eigenvalue weighted by Gasteiger charge is -2.04. The van der Waals surface area contributed by atoms with E-state index in [0.29, 0.717) is 12.2 Å². The van der Waals surface area contributed by atoms with E-state index in [4.69, 9.17) is 4.74 Å². The van der Waals surface area contributed by atoms with Gasteiger partial charge in [0.15, 0.2) is 0 Å². The summed E-state index contributed by atoms with van der Waals surface area (Å²) >= 11 is 0. The van der Waals surface area contributed by atoms with Crippen molar-refractivity contribution in [3.8, 4) is 17.0 Å². The molecule has 0 radical (unpaired) electrons. The van der Waals surface area contributed by atoms with E-state index in [9.17, 15) is 4.79 Å². The Balaban J connectivity index is 2.23. The Hall–Kier alpha value is -2.16. The molecule has 3 nitrogen and oxygen atoms in total. The van der Waals surface area contributed by atoms with Crippen LogP contribution in [0.4, 0.5) is 0 Å². The average Bonchev–Trinajstić information content (AvgIpc) is 2.40. The van der Waals surface area contributed by atoms with Gasteiger partial charge in [-0.25, -0.2) is 0 Å². The van der Waals surface area contributed by atoms with Gasteiger partial charge in [0.25, 0.3) is 0 Å². The van der Waals surface area contributed by atoms with Crippen LogP contribution in [-0.4, -0.2) is 17.9 Å². The van der Waals surface area contributed by atoms with Crippen LogP contribution in [0.15, 0.2) is 42.6 Å². The van der Waals surface area contributed by atoms with E-state index in [1.165, 1.54) is 0 Å². The molecule has 0 aliphatic rings. The zero-order chi connectivity index (χ0) is 12.1. The molecule has 17 heavy (non-hydrogen) atoms. The summed E-state index contributed by atoms with van der Waals surface area (Å²) in [5, 5.41) is 0. The van der Waals surface area contributed by atoms with E-state index >= 15 is 0 Å². The number of nitrogens with zero attached hydrogens (tertiary/aromatic N) is 1. The van der Waals surface area contributed by atoms with Crippen molar-refractivity contribution in [1.29, 1.82) is 0 Å². The van der Waals surface area contributed by atoms with Crippen LogP contribution in [0, 0.1) is 0 Å². The van der Waals surface area contributed by atoms with E-state index in [0.717, 1.165) is 23.3 Å². The maximum absolute atomic E-state index is 10.5. The van der Waals surface area contributed by atoms with Crippen molar-refractivity contribution < 1.29 is 9.53 Å². The average molecular weight is 227 g/mol. The molecule has 0 amide bonds. The molecule has 2 rings (SSSR count). The highest BCUT2D eigenvalue weighted by molar-refractivity contribution is 5.76. The van der Waals surface area contributed by atoms with E-state index in [1.807, 2.05) is 31.2 Å². The third kappa shape index (κ3) is 2.69. The molecular formula is C14H13NO2. The van der Waals surface area contributed by atoms with Crippen LogP contribution in [0.1, 0.15) is 17.3 Å². The van der Waals surface area contributed by atoms with Gasteiger partial charge in [-0.2, -0.15) is 0 Å². The van der Waals surface area contributed by atoms with Gasteiger partial charge in [0.1, 0.15) is 12.0 Å². The van der Waals surface area contributed by atoms with Crippen molar-refractivity contribution in [3.63, 3.8) is 0 Å². The van der Waals surface area contributed by atoms with Crippen LogP contribution in [0.2, 0.25) is 0 Å². The summed E-state index contributed by atoms with van der Waals surface area (Å²) in [6, 6.07) is 11.1. The lowest BCUT2D eigenvalue weighted by molar-refractivity contribution is 0.112. The highest BCUT2D eigenvalue weighted by Crippen LogP contribution is 2.19. The largest absolute Gasteiger partial charge is 0.492 e. The number of carbonyl (C=O) groups is 1. The summed E-state index contributed by atoms with van der Waals surface area (Å²) in [5.41, 5.74) is 2.52. The minimum atomic E-state index is 0.634. The Morgan fingerprint density at radius 3 is 2.47 bits per heavy atom. The monoisotopic (exact) mass is 227 g/mol. The second kappa shape index (κ2) is 5.25. The van der Waals surface area contributed by atoms with Crippen molar-refractivity contribution in [1.82, 2.24) is 4.98 Å². The topological polar surface area (TPSA) is 39.2 Å². The zero-order valence-corrected chi connectivity index (χ0v) is 9.59. The van der Waals surface area contributed by atoms with Crippen molar-refractivity contribution in [3.05, 3.63) is 48.2 Å². The van der Waals surface area contributed by atoms with E-state index < -0.39 is 0 Å². The first kappa shape index (κ1) is 11.3. The van der Waals surface area contributed by atoms with Crippen molar-refractivity contribution in [2.24, 2.45) is 0 Å². The van der Waals surface area contributed by atoms with Crippen LogP contribution in [0.3, 0.4) is 0 Å². The molecule has 0 aliphatic carbocycles. The molecule has 0 aliphatic heterocycles. The SMILES string of the molecule is CCOc1ccc(-c2ccc(C=O)cc2)nc1. The number of aromatic nitrogens is 1. The number of aldehydes is 1. The van der Waals surface area contributed by atoms with Crippen LogP contribution in [0.25, 0.3) is 11.3 Å². The van der Waals surface area contributed by atoms with Crippen LogP contribution in [0.5, 0.6) is 5.75 Å². The fraction of sp³-hybridized carbons (Fsp3) is 0.143. The van der Waals surface area contributed by atoms with E-state index in [2.05, 4.69) is 4.98 Å². The Labute approximate surface area is 100 Å². The number of hydrogen-bond acceptors (Lipinski definition) is 3. The third-order valence-corrected chi connectivity index (χ3v) is 2.39. The van der Waals surface area contributed by atoms with Crippen LogP contribution >= 0.6 is 0 Å². The van der Waals surface area contributed by atoms with Crippen LogP contribution < -0.4 is 4.74 Å². The van der Waals surface area contributed by atoms with Gasteiger partial charge in [-0.1, -0.05) is 24.3 Å². The van der Waals surface area contributed by atoms with Gasteiger partial charge >= 0.3 is 0 Å². The third-order valence-electron chi connectivity index (χ3n) is 2.39. The molecule has 1 aromatic carbocycles. The Morgan fingerprint density at radius 2 is 1.94 bits per heavy atom. The van der Waals surface area contributed by atoms with Crippen LogP contribution in [-0.2, 0) is 0 Å². The Kier molecular flexibility index (Phi) is 3.50. The molecule has 0 saturated heterocycles. The molecule has 0 fully saturated rings. The summed E-state index contributed by atoms with van der Waals surface area (Å²) in [4.78, 5) is 14.8. The number of carbonyl (C=O) groups excluding carboxylic acids is 1. The Bertz CT molecular complexity index is 489. The summed E-state index contributed by atoms with van der Waals surface area (Å²) in [6.07, 6.45) is 2.53. The standard InChI is InChI=1S/C14H13NO2/c1-2-17-13-7-8-14(15-9-13)12-5-3-11(10-16)4-6-12/h3-10H,2H2,1H3. The number of pyridine rings is 1.